The second-order valence-electron chi connectivity index (χ2n) is 7.77. The van der Waals surface area contributed by atoms with Gasteiger partial charge in [0, 0.05) is 16.7 Å². The zero-order chi connectivity index (χ0) is 22.3. The van der Waals surface area contributed by atoms with E-state index in [-0.39, 0.29) is 5.56 Å². The van der Waals surface area contributed by atoms with Crippen molar-refractivity contribution in [2.45, 2.75) is 12.8 Å². The van der Waals surface area contributed by atoms with Crippen molar-refractivity contribution in [2.75, 3.05) is 13.7 Å². The molecule has 4 aromatic rings. The highest BCUT2D eigenvalue weighted by atomic mass is 35.5. The van der Waals surface area contributed by atoms with E-state index in [2.05, 4.69) is 11.2 Å². The van der Waals surface area contributed by atoms with Gasteiger partial charge < -0.3 is 13.9 Å². The lowest BCUT2D eigenvalue weighted by atomic mass is 10.1. The van der Waals surface area contributed by atoms with Crippen molar-refractivity contribution in [1.29, 1.82) is 5.26 Å². The molecule has 0 N–H and O–H groups in total. The molecule has 0 radical (unpaired) electrons. The summed E-state index contributed by atoms with van der Waals surface area (Å²) in [4.78, 5) is 13.1. The van der Waals surface area contributed by atoms with Gasteiger partial charge in [-0.1, -0.05) is 11.6 Å². The van der Waals surface area contributed by atoms with E-state index in [1.54, 1.807) is 36.4 Å². The van der Waals surface area contributed by atoms with Crippen LogP contribution in [0.25, 0.3) is 28.0 Å². The van der Waals surface area contributed by atoms with Crippen molar-refractivity contribution >= 4 is 22.6 Å². The first-order valence-electron chi connectivity index (χ1n) is 10.0. The van der Waals surface area contributed by atoms with Crippen LogP contribution in [-0.4, -0.2) is 23.5 Å². The Balaban J connectivity index is 1.48. The molecule has 1 saturated carbocycles. The highest BCUT2D eigenvalue weighted by Gasteiger charge is 2.44. The van der Waals surface area contributed by atoms with Crippen LogP contribution in [0.5, 0.6) is 11.5 Å². The summed E-state index contributed by atoms with van der Waals surface area (Å²) in [6, 6.07) is 16.3. The van der Waals surface area contributed by atoms with E-state index in [1.165, 1.54) is 18.0 Å². The molecule has 0 bridgehead atoms. The number of rotatable bonds is 6. The Hall–Kier alpha value is -3.76. The molecule has 8 heteroatoms. The quantitative estimate of drug-likeness (QED) is 0.413. The standard InChI is InChI=1S/C24H18ClN3O4/c1-30-21-10-17(6-7-19(21)31-14-24(13-26)8-9-24)28-23(29)18-11-20(32-22(18)12-27-28)15-2-4-16(25)5-3-15/h2-7,10-12H,8-9,14H2,1H3. The summed E-state index contributed by atoms with van der Waals surface area (Å²) in [5.74, 6) is 1.53. The average molecular weight is 448 g/mol. The minimum absolute atomic E-state index is 0.311. The van der Waals surface area contributed by atoms with E-state index in [4.69, 9.17) is 25.5 Å². The van der Waals surface area contributed by atoms with Crippen LogP contribution in [0.15, 0.2) is 63.9 Å². The Kier molecular flexibility index (Phi) is 4.87. The first-order chi connectivity index (χ1) is 15.5. The van der Waals surface area contributed by atoms with E-state index in [0.29, 0.717) is 45.5 Å². The molecule has 7 nitrogen and oxygen atoms in total. The molecule has 2 heterocycles. The summed E-state index contributed by atoms with van der Waals surface area (Å²) < 4.78 is 18.4. The number of benzene rings is 2. The van der Waals surface area contributed by atoms with Crippen LogP contribution in [0.3, 0.4) is 0 Å². The van der Waals surface area contributed by atoms with Crippen LogP contribution in [0.1, 0.15) is 12.8 Å². The summed E-state index contributed by atoms with van der Waals surface area (Å²) >= 11 is 5.95. The lowest BCUT2D eigenvalue weighted by Gasteiger charge is -2.14. The average Bonchev–Trinajstić information content (AvgIpc) is 3.47. The van der Waals surface area contributed by atoms with Crippen molar-refractivity contribution in [1.82, 2.24) is 9.78 Å². The third kappa shape index (κ3) is 3.59. The predicted molar refractivity (Wildman–Crippen MR) is 119 cm³/mol. The molecule has 0 unspecified atom stereocenters. The van der Waals surface area contributed by atoms with Crippen LogP contribution in [0.4, 0.5) is 0 Å². The van der Waals surface area contributed by atoms with Gasteiger partial charge in [0.05, 0.1) is 35.9 Å². The van der Waals surface area contributed by atoms with Crippen molar-refractivity contribution in [2.24, 2.45) is 5.41 Å². The van der Waals surface area contributed by atoms with Crippen molar-refractivity contribution in [3.8, 4) is 34.6 Å². The van der Waals surface area contributed by atoms with E-state index in [0.717, 1.165) is 18.4 Å². The molecule has 0 spiro atoms. The Morgan fingerprint density at radius 3 is 2.66 bits per heavy atom. The minimum Gasteiger partial charge on any atom is -0.493 e. The van der Waals surface area contributed by atoms with E-state index in [1.807, 2.05) is 12.1 Å². The molecule has 0 atom stereocenters. The summed E-state index contributed by atoms with van der Waals surface area (Å²) in [6.07, 6.45) is 3.19. The molecule has 160 valence electrons. The maximum absolute atomic E-state index is 13.1. The summed E-state index contributed by atoms with van der Waals surface area (Å²) in [5, 5.41) is 14.5. The molecule has 2 aromatic carbocycles. The van der Waals surface area contributed by atoms with Gasteiger partial charge in [0.15, 0.2) is 17.1 Å². The number of hydrogen-bond donors (Lipinski definition) is 0. The number of ether oxygens (including phenoxy) is 2. The van der Waals surface area contributed by atoms with E-state index < -0.39 is 5.41 Å². The molecule has 1 fully saturated rings. The SMILES string of the molecule is COc1cc(-n2ncc3oc(-c4ccc(Cl)cc4)cc3c2=O)ccc1OCC1(C#N)CC1. The van der Waals surface area contributed by atoms with Crippen LogP contribution in [0, 0.1) is 16.7 Å². The minimum atomic E-state index is -0.393. The molecule has 32 heavy (non-hydrogen) atoms. The van der Waals surface area contributed by atoms with Crippen molar-refractivity contribution in [3.63, 3.8) is 0 Å². The van der Waals surface area contributed by atoms with Crippen molar-refractivity contribution in [3.05, 3.63) is 70.1 Å². The third-order valence-corrected chi connectivity index (χ3v) is 5.84. The van der Waals surface area contributed by atoms with Gasteiger partial charge in [-0.2, -0.15) is 15.0 Å². The number of nitriles is 1. The molecule has 1 aliphatic rings. The molecule has 0 saturated heterocycles. The number of fused-ring (bicyclic) bond motifs is 1. The highest BCUT2D eigenvalue weighted by Crippen LogP contribution is 2.45. The van der Waals surface area contributed by atoms with Crippen molar-refractivity contribution < 1.29 is 13.9 Å². The van der Waals surface area contributed by atoms with Crippen LogP contribution >= 0.6 is 11.6 Å². The van der Waals surface area contributed by atoms with Crippen LogP contribution in [0.2, 0.25) is 5.02 Å². The predicted octanol–water partition coefficient (Wildman–Crippen LogP) is 4.99. The largest absolute Gasteiger partial charge is 0.493 e. The topological polar surface area (TPSA) is 90.3 Å². The molecule has 0 aliphatic heterocycles. The lowest BCUT2D eigenvalue weighted by Crippen LogP contribution is -2.20. The first-order valence-corrected chi connectivity index (χ1v) is 10.4. The van der Waals surface area contributed by atoms with E-state index >= 15 is 0 Å². The molecule has 2 aromatic heterocycles. The van der Waals surface area contributed by atoms with Crippen LogP contribution in [-0.2, 0) is 0 Å². The fraction of sp³-hybridized carbons (Fsp3) is 0.208. The number of halogens is 1. The monoisotopic (exact) mass is 447 g/mol. The van der Waals surface area contributed by atoms with Gasteiger partial charge in [-0.05, 0) is 55.3 Å². The zero-order valence-corrected chi connectivity index (χ0v) is 17.9. The van der Waals surface area contributed by atoms with Gasteiger partial charge in [0.25, 0.3) is 5.56 Å². The normalized spacial score (nSPS) is 14.2. The molecule has 0 amide bonds. The third-order valence-electron chi connectivity index (χ3n) is 5.59. The Morgan fingerprint density at radius 1 is 1.19 bits per heavy atom. The van der Waals surface area contributed by atoms with Gasteiger partial charge in [-0.25, -0.2) is 0 Å². The van der Waals surface area contributed by atoms with Gasteiger partial charge in [0.1, 0.15) is 12.4 Å². The molecule has 1 aliphatic carbocycles. The Morgan fingerprint density at radius 2 is 1.97 bits per heavy atom. The lowest BCUT2D eigenvalue weighted by molar-refractivity contribution is 0.255. The number of furan rings is 1. The molecular formula is C24H18ClN3O4. The Bertz CT molecular complexity index is 1410. The molecular weight excluding hydrogens is 430 g/mol. The number of aromatic nitrogens is 2. The zero-order valence-electron chi connectivity index (χ0n) is 17.2. The second-order valence-corrected chi connectivity index (χ2v) is 8.21. The summed E-state index contributed by atoms with van der Waals surface area (Å²) in [5.41, 5.74) is 1.02. The Labute approximate surface area is 188 Å². The van der Waals surface area contributed by atoms with Gasteiger partial charge in [0.2, 0.25) is 0 Å². The maximum atomic E-state index is 13.1. The highest BCUT2D eigenvalue weighted by molar-refractivity contribution is 6.30. The fourth-order valence-electron chi connectivity index (χ4n) is 3.45. The summed E-state index contributed by atoms with van der Waals surface area (Å²) in [7, 11) is 1.52. The number of methoxy groups -OCH3 is 1. The van der Waals surface area contributed by atoms with E-state index in [9.17, 15) is 10.1 Å². The van der Waals surface area contributed by atoms with Gasteiger partial charge in [-0.15, -0.1) is 0 Å². The number of nitrogens with zero attached hydrogens (tertiary/aromatic N) is 3. The summed E-state index contributed by atoms with van der Waals surface area (Å²) in [6.45, 7) is 0.311. The molecule has 5 rings (SSSR count). The van der Waals surface area contributed by atoms with Gasteiger partial charge >= 0.3 is 0 Å². The number of hydrogen-bond acceptors (Lipinski definition) is 6. The second kappa shape index (κ2) is 7.74. The van der Waals surface area contributed by atoms with Gasteiger partial charge in [-0.3, -0.25) is 4.79 Å². The first kappa shape index (κ1) is 20.2. The van der Waals surface area contributed by atoms with Crippen LogP contribution < -0.4 is 15.0 Å². The maximum Gasteiger partial charge on any atom is 0.282 e. The fourth-order valence-corrected chi connectivity index (χ4v) is 3.57. The smallest absolute Gasteiger partial charge is 0.282 e.